The largest absolute Gasteiger partial charge is 0.481 e. The van der Waals surface area contributed by atoms with Crippen LogP contribution in [0.4, 0.5) is 23.3 Å². The van der Waals surface area contributed by atoms with Crippen LogP contribution in [0.3, 0.4) is 0 Å². The highest BCUT2D eigenvalue weighted by Crippen LogP contribution is 2.24. The number of carboxylic acids is 1. The van der Waals surface area contributed by atoms with Gasteiger partial charge in [-0.25, -0.2) is 4.98 Å². The Hall–Kier alpha value is -3.83. The number of anilines is 4. The summed E-state index contributed by atoms with van der Waals surface area (Å²) < 4.78 is 0. The molecule has 0 fully saturated rings. The number of hydrogen-bond acceptors (Lipinski definition) is 9. The average Bonchev–Trinajstić information content (AvgIpc) is 2.70. The number of fused-ring (bicyclic) bond motifs is 1. The van der Waals surface area contributed by atoms with Gasteiger partial charge in [0.05, 0.1) is 11.6 Å². The van der Waals surface area contributed by atoms with E-state index in [9.17, 15) is 14.4 Å². The molecular formula is C18H24N8O4. The molecule has 2 aromatic rings. The third kappa shape index (κ3) is 4.96. The van der Waals surface area contributed by atoms with Gasteiger partial charge in [0.25, 0.3) is 11.5 Å². The number of carbonyl (C=O) groups is 2. The molecule has 1 aliphatic rings. The summed E-state index contributed by atoms with van der Waals surface area (Å²) >= 11 is 0. The number of nitrogens with one attached hydrogen (secondary N) is 4. The molecule has 30 heavy (non-hydrogen) atoms. The first-order chi connectivity index (χ1) is 14.3. The summed E-state index contributed by atoms with van der Waals surface area (Å²) in [5, 5.41) is 17.6. The van der Waals surface area contributed by atoms with E-state index in [1.54, 1.807) is 12.1 Å². The second-order valence-electron chi connectivity index (χ2n) is 6.86. The minimum absolute atomic E-state index is 0.00560. The molecule has 3 heterocycles. The number of aliphatic carboxylic acids is 1. The first-order valence-corrected chi connectivity index (χ1v) is 9.41. The van der Waals surface area contributed by atoms with E-state index >= 15 is 0 Å². The lowest BCUT2D eigenvalue weighted by molar-refractivity contribution is -0.137. The van der Waals surface area contributed by atoms with Crippen molar-refractivity contribution in [2.24, 2.45) is 0 Å². The number of rotatable bonds is 8. The topological polar surface area (TPSA) is 178 Å². The molecule has 0 spiro atoms. The second-order valence-corrected chi connectivity index (χ2v) is 6.86. The van der Waals surface area contributed by atoms with Crippen molar-refractivity contribution in [3.8, 4) is 0 Å². The number of nitrogen functional groups attached to an aromatic ring is 1. The zero-order chi connectivity index (χ0) is 21.7. The molecule has 1 aliphatic heterocycles. The van der Waals surface area contributed by atoms with Crippen LogP contribution in [-0.2, 0) is 4.79 Å². The van der Waals surface area contributed by atoms with E-state index in [1.165, 1.54) is 6.20 Å². The Morgan fingerprint density at radius 1 is 1.40 bits per heavy atom. The summed E-state index contributed by atoms with van der Waals surface area (Å²) in [6.07, 6.45) is 1.82. The maximum absolute atomic E-state index is 12.2. The number of carbonyl (C=O) groups excluding carboxylic acids is 1. The maximum atomic E-state index is 12.2. The van der Waals surface area contributed by atoms with Crippen molar-refractivity contribution in [3.63, 3.8) is 0 Å². The number of hydrogen-bond donors (Lipinski definition) is 6. The number of H-pyrrole nitrogens is 1. The van der Waals surface area contributed by atoms with Gasteiger partial charge in [-0.1, -0.05) is 0 Å². The van der Waals surface area contributed by atoms with Crippen molar-refractivity contribution in [2.75, 3.05) is 47.9 Å². The molecule has 7 N–H and O–H groups in total. The molecule has 0 bridgehead atoms. The zero-order valence-corrected chi connectivity index (χ0v) is 16.4. The SMILES string of the molecule is CN1c2c(nc(N)[nH]c2=O)NC[C@@H]1CNc1ccc(C(=O)NCCCC(=O)O)cn1. The fourth-order valence-corrected chi connectivity index (χ4v) is 3.08. The molecule has 1 atom stereocenters. The summed E-state index contributed by atoms with van der Waals surface area (Å²) in [5.74, 6) is -0.105. The van der Waals surface area contributed by atoms with Gasteiger partial charge in [0.15, 0.2) is 5.82 Å². The normalized spacial score (nSPS) is 15.1. The van der Waals surface area contributed by atoms with Crippen LogP contribution in [0.1, 0.15) is 23.2 Å². The fraction of sp³-hybridized carbons (Fsp3) is 0.389. The summed E-state index contributed by atoms with van der Waals surface area (Å²) in [7, 11) is 1.81. The number of amides is 1. The highest BCUT2D eigenvalue weighted by molar-refractivity contribution is 5.94. The van der Waals surface area contributed by atoms with Crippen LogP contribution < -0.4 is 32.1 Å². The quantitative estimate of drug-likeness (QED) is 0.312. The Labute approximate surface area is 171 Å². The van der Waals surface area contributed by atoms with E-state index in [2.05, 4.69) is 30.9 Å². The van der Waals surface area contributed by atoms with Crippen molar-refractivity contribution in [3.05, 3.63) is 34.2 Å². The van der Waals surface area contributed by atoms with Crippen molar-refractivity contribution in [2.45, 2.75) is 18.9 Å². The van der Waals surface area contributed by atoms with Gasteiger partial charge in [0.2, 0.25) is 5.95 Å². The molecule has 1 amide bonds. The Morgan fingerprint density at radius 3 is 2.90 bits per heavy atom. The number of carboxylic acid groups (broad SMARTS) is 1. The highest BCUT2D eigenvalue weighted by Gasteiger charge is 2.27. The summed E-state index contributed by atoms with van der Waals surface area (Å²) in [6.45, 7) is 1.34. The Balaban J connectivity index is 1.53. The van der Waals surface area contributed by atoms with Crippen LogP contribution in [0, 0.1) is 0 Å². The minimum Gasteiger partial charge on any atom is -0.481 e. The van der Waals surface area contributed by atoms with Crippen molar-refractivity contribution in [1.29, 1.82) is 0 Å². The molecule has 0 aromatic carbocycles. The molecule has 160 valence electrons. The van der Waals surface area contributed by atoms with Gasteiger partial charge >= 0.3 is 5.97 Å². The first-order valence-electron chi connectivity index (χ1n) is 9.41. The predicted octanol–water partition coefficient (Wildman–Crippen LogP) is -0.316. The summed E-state index contributed by atoms with van der Waals surface area (Å²) in [6, 6.07) is 3.28. The summed E-state index contributed by atoms with van der Waals surface area (Å²) in [4.78, 5) is 47.4. The monoisotopic (exact) mass is 416 g/mol. The van der Waals surface area contributed by atoms with E-state index in [1.807, 2.05) is 11.9 Å². The number of likely N-dealkylation sites (N-methyl/N-ethyl adjacent to an activating group) is 1. The van der Waals surface area contributed by atoms with E-state index in [-0.39, 0.29) is 36.4 Å². The fourth-order valence-electron chi connectivity index (χ4n) is 3.08. The van der Waals surface area contributed by atoms with Crippen LogP contribution >= 0.6 is 0 Å². The van der Waals surface area contributed by atoms with E-state index in [0.29, 0.717) is 42.4 Å². The smallest absolute Gasteiger partial charge is 0.303 e. The van der Waals surface area contributed by atoms with E-state index in [0.717, 1.165) is 0 Å². The minimum atomic E-state index is -0.895. The molecule has 12 nitrogen and oxygen atoms in total. The van der Waals surface area contributed by atoms with Crippen LogP contribution in [0.5, 0.6) is 0 Å². The maximum Gasteiger partial charge on any atom is 0.303 e. The van der Waals surface area contributed by atoms with Gasteiger partial charge in [-0.05, 0) is 18.6 Å². The third-order valence-corrected chi connectivity index (χ3v) is 4.72. The molecule has 3 rings (SSSR count). The lowest BCUT2D eigenvalue weighted by atomic mass is 10.2. The van der Waals surface area contributed by atoms with Crippen LogP contribution in [-0.4, -0.2) is 64.7 Å². The van der Waals surface area contributed by atoms with Crippen LogP contribution in [0.25, 0.3) is 0 Å². The van der Waals surface area contributed by atoms with Gasteiger partial charge in [0.1, 0.15) is 11.5 Å². The van der Waals surface area contributed by atoms with Crippen molar-refractivity contribution < 1.29 is 14.7 Å². The zero-order valence-electron chi connectivity index (χ0n) is 16.4. The molecular weight excluding hydrogens is 392 g/mol. The van der Waals surface area contributed by atoms with Gasteiger partial charge in [-0.3, -0.25) is 19.4 Å². The van der Waals surface area contributed by atoms with Crippen molar-refractivity contribution >= 4 is 35.1 Å². The number of pyridine rings is 1. The third-order valence-electron chi connectivity index (χ3n) is 4.72. The molecule has 0 saturated heterocycles. The second kappa shape index (κ2) is 9.11. The van der Waals surface area contributed by atoms with Gasteiger partial charge in [0, 0.05) is 39.3 Å². The van der Waals surface area contributed by atoms with Gasteiger partial charge in [-0.15, -0.1) is 0 Å². The van der Waals surface area contributed by atoms with E-state index < -0.39 is 5.97 Å². The Bertz CT molecular complexity index is 975. The number of nitrogens with two attached hydrogens (primary N) is 1. The highest BCUT2D eigenvalue weighted by atomic mass is 16.4. The molecule has 0 radical (unpaired) electrons. The molecule has 0 unspecified atom stereocenters. The Kier molecular flexibility index (Phi) is 6.35. The first kappa shape index (κ1) is 20.9. The number of aromatic amines is 1. The predicted molar refractivity (Wildman–Crippen MR) is 112 cm³/mol. The average molecular weight is 416 g/mol. The molecule has 0 aliphatic carbocycles. The van der Waals surface area contributed by atoms with Gasteiger partial charge < -0.3 is 31.7 Å². The standard InChI is InChI=1S/C18H24N8O4/c1-26-11(9-23-15-14(26)17(30)25-18(19)24-15)8-22-12-5-4-10(7-21-12)16(29)20-6-2-3-13(27)28/h4-5,7,11H,2-3,6,8-9H2,1H3,(H,20,29)(H,21,22)(H,27,28)(H4,19,23,24,25,30)/t11-/m0/s1. The summed E-state index contributed by atoms with van der Waals surface area (Å²) in [5.41, 5.74) is 6.07. The molecule has 12 heteroatoms. The van der Waals surface area contributed by atoms with Crippen molar-refractivity contribution in [1.82, 2.24) is 20.3 Å². The molecule has 0 saturated carbocycles. The number of aromatic nitrogens is 3. The van der Waals surface area contributed by atoms with Gasteiger partial charge in [-0.2, -0.15) is 4.98 Å². The lowest BCUT2D eigenvalue weighted by Gasteiger charge is -2.35. The molecule has 2 aromatic heterocycles. The lowest BCUT2D eigenvalue weighted by Crippen LogP contribution is -2.48. The van der Waals surface area contributed by atoms with Crippen LogP contribution in [0.2, 0.25) is 0 Å². The Morgan fingerprint density at radius 2 is 2.20 bits per heavy atom. The van der Waals surface area contributed by atoms with Crippen LogP contribution in [0.15, 0.2) is 23.1 Å². The van der Waals surface area contributed by atoms with E-state index in [4.69, 9.17) is 10.8 Å². The number of nitrogens with zero attached hydrogens (tertiary/aromatic N) is 3.